The zero-order valence-electron chi connectivity index (χ0n) is 28.5. The average molecular weight is 664 g/mol. The molecule has 2 aliphatic rings. The van der Waals surface area contributed by atoms with Gasteiger partial charge in [-0.2, -0.15) is 0 Å². The number of nitrogens with zero attached hydrogens (tertiary/aromatic N) is 5. The van der Waals surface area contributed by atoms with E-state index in [2.05, 4.69) is 56.9 Å². The van der Waals surface area contributed by atoms with Crippen LogP contribution in [0.5, 0.6) is 17.2 Å². The van der Waals surface area contributed by atoms with Crippen molar-refractivity contribution in [2.45, 2.75) is 45.2 Å². The van der Waals surface area contributed by atoms with Crippen molar-refractivity contribution in [1.29, 1.82) is 0 Å². The van der Waals surface area contributed by atoms with E-state index in [1.165, 1.54) is 12.4 Å². The number of anilines is 5. The average Bonchev–Trinajstić information content (AvgIpc) is 3.64. The smallest absolute Gasteiger partial charge is 0.247 e. The Labute approximate surface area is 288 Å². The summed E-state index contributed by atoms with van der Waals surface area (Å²) in [5, 5.41) is 8.24. The van der Waals surface area contributed by atoms with Crippen LogP contribution in [0.4, 0.5) is 28.7 Å². The van der Waals surface area contributed by atoms with Crippen molar-refractivity contribution < 1.29 is 19.1 Å². The first-order valence-electron chi connectivity index (χ1n) is 17.0. The van der Waals surface area contributed by atoms with E-state index >= 15 is 0 Å². The molecule has 2 saturated heterocycles. The fraction of sp³-hybridized carbons (Fsp3) is 0.342. The van der Waals surface area contributed by atoms with Gasteiger partial charge in [0.1, 0.15) is 29.4 Å². The van der Waals surface area contributed by atoms with Crippen molar-refractivity contribution in [3.05, 3.63) is 97.3 Å². The molecule has 49 heavy (non-hydrogen) atoms. The lowest BCUT2D eigenvalue weighted by Gasteiger charge is -2.39. The third-order valence-electron chi connectivity index (χ3n) is 9.16. The van der Waals surface area contributed by atoms with Crippen molar-refractivity contribution in [3.8, 4) is 17.2 Å². The van der Waals surface area contributed by atoms with E-state index in [1.54, 1.807) is 7.11 Å². The summed E-state index contributed by atoms with van der Waals surface area (Å²) in [4.78, 5) is 32.5. The fourth-order valence-corrected chi connectivity index (χ4v) is 6.67. The maximum Gasteiger partial charge on any atom is 0.247 e. The molecule has 2 fully saturated rings. The zero-order chi connectivity index (χ0) is 34.2. The molecule has 4 aromatic rings. The molecule has 0 spiro atoms. The number of hydrogen-bond acceptors (Lipinski definition) is 10. The first-order chi connectivity index (χ1) is 24.0. The Morgan fingerprint density at radius 2 is 1.76 bits per heavy atom. The predicted molar refractivity (Wildman–Crippen MR) is 194 cm³/mol. The Morgan fingerprint density at radius 1 is 0.980 bits per heavy atom. The molecule has 0 aliphatic carbocycles. The molecule has 0 radical (unpaired) electrons. The van der Waals surface area contributed by atoms with Crippen LogP contribution >= 0.6 is 0 Å². The first kappa shape index (κ1) is 33.8. The summed E-state index contributed by atoms with van der Waals surface area (Å²) >= 11 is 0. The summed E-state index contributed by atoms with van der Waals surface area (Å²) in [6, 6.07) is 24.0. The van der Waals surface area contributed by atoms with E-state index in [9.17, 15) is 4.79 Å². The molecule has 1 amide bonds. The molecule has 0 bridgehead atoms. The van der Waals surface area contributed by atoms with Gasteiger partial charge < -0.3 is 29.9 Å². The van der Waals surface area contributed by atoms with Crippen LogP contribution in [0, 0.1) is 0 Å². The molecular weight excluding hydrogens is 618 g/mol. The maximum absolute atomic E-state index is 12.6. The molecule has 2 N–H and O–H groups in total. The molecule has 1 aromatic heterocycles. The van der Waals surface area contributed by atoms with Crippen LogP contribution in [-0.4, -0.2) is 66.7 Å². The molecule has 11 heteroatoms. The topological polar surface area (TPSA) is 104 Å². The molecule has 11 nitrogen and oxygen atoms in total. The lowest BCUT2D eigenvalue weighted by Crippen LogP contribution is -2.45. The lowest BCUT2D eigenvalue weighted by molar-refractivity contribution is -0.111. The molecule has 256 valence electrons. The number of carbonyl (C=O) groups is 1. The van der Waals surface area contributed by atoms with Crippen LogP contribution in [0.3, 0.4) is 0 Å². The van der Waals surface area contributed by atoms with E-state index in [0.29, 0.717) is 41.4 Å². The second-order valence-electron chi connectivity index (χ2n) is 12.0. The molecular formula is C38H45N7O4. The van der Waals surface area contributed by atoms with Gasteiger partial charge in [0, 0.05) is 37.7 Å². The minimum atomic E-state index is -0.282. The zero-order valence-corrected chi connectivity index (χ0v) is 28.5. The number of ether oxygens (including phenoxy) is 2. The van der Waals surface area contributed by atoms with Gasteiger partial charge in [-0.05, 0) is 67.9 Å². The van der Waals surface area contributed by atoms with E-state index in [4.69, 9.17) is 14.3 Å². The largest absolute Gasteiger partial charge is 0.494 e. The quantitative estimate of drug-likeness (QED) is 0.141. The highest BCUT2D eigenvalue weighted by molar-refractivity contribution is 6.02. The van der Waals surface area contributed by atoms with Crippen LogP contribution in [0.1, 0.15) is 44.7 Å². The van der Waals surface area contributed by atoms with Gasteiger partial charge >= 0.3 is 0 Å². The predicted octanol–water partition coefficient (Wildman–Crippen LogP) is 7.34. The summed E-state index contributed by atoms with van der Waals surface area (Å²) in [7, 11) is 1.64. The summed E-state index contributed by atoms with van der Waals surface area (Å²) in [5.74, 6) is 3.04. The van der Waals surface area contributed by atoms with Crippen molar-refractivity contribution in [3.63, 3.8) is 0 Å². The van der Waals surface area contributed by atoms with E-state index in [1.807, 2.05) is 71.8 Å². The van der Waals surface area contributed by atoms with Crippen molar-refractivity contribution in [1.82, 2.24) is 14.9 Å². The highest BCUT2D eigenvalue weighted by Crippen LogP contribution is 2.41. The Bertz CT molecular complexity index is 1720. The number of hydrogen-bond donors (Lipinski definition) is 2. The van der Waals surface area contributed by atoms with Crippen LogP contribution in [0.15, 0.2) is 91.8 Å². The second-order valence-corrected chi connectivity index (χ2v) is 12.0. The third-order valence-corrected chi connectivity index (χ3v) is 9.16. The van der Waals surface area contributed by atoms with Gasteiger partial charge in [0.15, 0.2) is 5.82 Å². The van der Waals surface area contributed by atoms with E-state index in [-0.39, 0.29) is 11.9 Å². The molecule has 1 atom stereocenters. The number of aromatic nitrogens is 2. The monoisotopic (exact) mass is 663 g/mol. The normalized spacial score (nSPS) is 16.4. The number of piperidine rings is 1. The second kappa shape index (κ2) is 15.8. The number of carbonyl (C=O) groups excluding carboxylic acids is 1. The molecule has 3 heterocycles. The van der Waals surface area contributed by atoms with Crippen LogP contribution in [0.2, 0.25) is 0 Å². The van der Waals surface area contributed by atoms with Gasteiger partial charge in [-0.25, -0.2) is 15.0 Å². The number of nitrogens with one attached hydrogen (secondary N) is 2. The number of amides is 1. The van der Waals surface area contributed by atoms with E-state index < -0.39 is 0 Å². The SMILES string of the molecule is C=CC(=O)Nc1cc(Nc2cc(N3OCC[C@@H]3c3cccc(Oc4ccccc4)c3)ncn2)c(OC)cc1N1CCC(N(CC)CC)CC1. The van der Waals surface area contributed by atoms with Gasteiger partial charge in [-0.15, -0.1) is 0 Å². The summed E-state index contributed by atoms with van der Waals surface area (Å²) in [5.41, 5.74) is 3.29. The van der Waals surface area contributed by atoms with E-state index in [0.717, 1.165) is 68.2 Å². The number of hydroxylamine groups is 1. The van der Waals surface area contributed by atoms with Crippen molar-refractivity contribution in [2.75, 3.05) is 60.5 Å². The maximum atomic E-state index is 12.6. The molecule has 6 rings (SSSR count). The Hall–Kier alpha value is -5.13. The van der Waals surface area contributed by atoms with Crippen LogP contribution in [0.25, 0.3) is 0 Å². The van der Waals surface area contributed by atoms with Crippen molar-refractivity contribution in [2.24, 2.45) is 0 Å². The molecule has 3 aromatic carbocycles. The van der Waals surface area contributed by atoms with Crippen molar-refractivity contribution >= 4 is 34.6 Å². The standard InChI is InChI=1S/C38H45N7O4/c1-5-38(46)42-31-23-32(35(47-4)24-34(31)44-19-16-28(17-20-44)43(6-2)7-3)41-36-25-37(40-26-39-36)45-33(18-21-48-45)27-12-11-15-30(22-27)49-29-13-9-8-10-14-29/h5,8-15,22-26,28,33H,1,6-7,16-21H2,2-4H3,(H,42,46)(H,39,40,41)/t33-/m1/s1. The summed E-state index contributed by atoms with van der Waals surface area (Å²) in [6.45, 7) is 12.5. The number of rotatable bonds is 13. The number of benzene rings is 3. The van der Waals surface area contributed by atoms with Gasteiger partial charge in [0.2, 0.25) is 5.91 Å². The number of para-hydroxylation sites is 1. The molecule has 0 saturated carbocycles. The van der Waals surface area contributed by atoms with Gasteiger partial charge in [-0.1, -0.05) is 50.8 Å². The fourth-order valence-electron chi connectivity index (χ4n) is 6.67. The first-order valence-corrected chi connectivity index (χ1v) is 17.0. The minimum absolute atomic E-state index is 0.0671. The van der Waals surface area contributed by atoms with Gasteiger partial charge in [-0.3, -0.25) is 9.63 Å². The lowest BCUT2D eigenvalue weighted by atomic mass is 10.0. The minimum Gasteiger partial charge on any atom is -0.494 e. The van der Waals surface area contributed by atoms with Gasteiger partial charge in [0.25, 0.3) is 0 Å². The highest BCUT2D eigenvalue weighted by Gasteiger charge is 2.30. The summed E-state index contributed by atoms with van der Waals surface area (Å²) < 4.78 is 12.0. The summed E-state index contributed by atoms with van der Waals surface area (Å²) in [6.07, 6.45) is 5.67. The van der Waals surface area contributed by atoms with Crippen LogP contribution in [-0.2, 0) is 9.63 Å². The Morgan fingerprint density at radius 3 is 2.49 bits per heavy atom. The molecule has 0 unspecified atom stereocenters. The Balaban J connectivity index is 1.23. The van der Waals surface area contributed by atoms with Crippen LogP contribution < -0.4 is 30.1 Å². The Kier molecular flexibility index (Phi) is 10.9. The molecule has 2 aliphatic heterocycles. The van der Waals surface area contributed by atoms with Gasteiger partial charge in [0.05, 0.1) is 36.8 Å². The highest BCUT2D eigenvalue weighted by atomic mass is 16.7. The third kappa shape index (κ3) is 7.96. The number of methoxy groups -OCH3 is 1.